The number of aromatic nitrogens is 2. The smallest absolute Gasteiger partial charge is 0.350 e. The molecule has 0 spiro atoms. The number of carbonyl (C=O) groups excluding carboxylic acids is 2. The molecule has 1 N–H and O–H groups in total. The molecule has 1 aliphatic rings. The van der Waals surface area contributed by atoms with Crippen LogP contribution in [0.5, 0.6) is 0 Å². The molecule has 3 rings (SSSR count). The summed E-state index contributed by atoms with van der Waals surface area (Å²) in [4.78, 5) is 23.7. The standard InChI is InChI=1S/C16H13Cl2N3O4/c1-16(2)24-14(22)11(15(23)25-16)7-19-10-3-4-13(12(18)5-10)21-8-9(17)6-20-21/h3-8,19H,1-2H3. The first-order valence-corrected chi connectivity index (χ1v) is 7.94. The Morgan fingerprint density at radius 1 is 1.20 bits per heavy atom. The number of ether oxygens (including phenoxy) is 2. The number of hydrogen-bond donors (Lipinski definition) is 1. The molecule has 1 aromatic heterocycles. The van der Waals surface area contributed by atoms with E-state index in [1.807, 2.05) is 0 Å². The Bertz CT molecular complexity index is 867. The van der Waals surface area contributed by atoms with Crippen molar-refractivity contribution in [3.05, 3.63) is 52.4 Å². The highest BCUT2D eigenvalue weighted by molar-refractivity contribution is 6.33. The Morgan fingerprint density at radius 2 is 1.88 bits per heavy atom. The lowest BCUT2D eigenvalue weighted by Gasteiger charge is -2.29. The van der Waals surface area contributed by atoms with Crippen molar-refractivity contribution in [2.24, 2.45) is 0 Å². The van der Waals surface area contributed by atoms with Crippen LogP contribution in [0.1, 0.15) is 13.8 Å². The fraction of sp³-hybridized carbons (Fsp3) is 0.188. The normalized spacial score (nSPS) is 16.2. The Hall–Kier alpha value is -2.51. The summed E-state index contributed by atoms with van der Waals surface area (Å²) in [6.45, 7) is 2.96. The quantitative estimate of drug-likeness (QED) is 0.498. The van der Waals surface area contributed by atoms with Crippen molar-refractivity contribution in [2.75, 3.05) is 5.32 Å². The zero-order chi connectivity index (χ0) is 18.2. The number of esters is 2. The van der Waals surface area contributed by atoms with Crippen LogP contribution in [0.25, 0.3) is 5.69 Å². The summed E-state index contributed by atoms with van der Waals surface area (Å²) >= 11 is 12.1. The van der Waals surface area contributed by atoms with Crippen LogP contribution in [0, 0.1) is 0 Å². The lowest BCUT2D eigenvalue weighted by molar-refractivity contribution is -0.222. The molecule has 2 heterocycles. The molecule has 7 nitrogen and oxygen atoms in total. The van der Waals surface area contributed by atoms with Crippen molar-refractivity contribution in [2.45, 2.75) is 19.6 Å². The van der Waals surface area contributed by atoms with E-state index in [4.69, 9.17) is 32.7 Å². The van der Waals surface area contributed by atoms with Gasteiger partial charge in [0.2, 0.25) is 0 Å². The van der Waals surface area contributed by atoms with Crippen molar-refractivity contribution in [3.63, 3.8) is 0 Å². The monoisotopic (exact) mass is 381 g/mol. The van der Waals surface area contributed by atoms with Gasteiger partial charge in [-0.3, -0.25) is 0 Å². The number of hydrogen-bond acceptors (Lipinski definition) is 6. The van der Waals surface area contributed by atoms with Gasteiger partial charge < -0.3 is 14.8 Å². The van der Waals surface area contributed by atoms with E-state index in [1.165, 1.54) is 30.9 Å². The SMILES string of the molecule is CC1(C)OC(=O)C(=CNc2ccc(-n3cc(Cl)cn3)c(Cl)c2)C(=O)O1. The molecule has 2 aromatic rings. The van der Waals surface area contributed by atoms with Gasteiger partial charge in [-0.05, 0) is 18.2 Å². The molecule has 0 aliphatic carbocycles. The van der Waals surface area contributed by atoms with Gasteiger partial charge in [0.25, 0.3) is 5.79 Å². The Kier molecular flexibility index (Phi) is 4.45. The third kappa shape index (κ3) is 3.78. The number of rotatable bonds is 3. The van der Waals surface area contributed by atoms with E-state index in [1.54, 1.807) is 24.4 Å². The molecule has 130 valence electrons. The maximum Gasteiger partial charge on any atom is 0.350 e. The van der Waals surface area contributed by atoms with Crippen LogP contribution >= 0.6 is 23.2 Å². The molecule has 0 amide bonds. The van der Waals surface area contributed by atoms with Gasteiger partial charge in [-0.1, -0.05) is 23.2 Å². The van der Waals surface area contributed by atoms with Crippen LogP contribution in [0.15, 0.2) is 42.4 Å². The van der Waals surface area contributed by atoms with Crippen molar-refractivity contribution in [1.29, 1.82) is 0 Å². The first kappa shape index (κ1) is 17.3. The fourth-order valence-electron chi connectivity index (χ4n) is 2.15. The molecule has 1 aliphatic heterocycles. The molecule has 0 bridgehead atoms. The molecule has 0 saturated carbocycles. The van der Waals surface area contributed by atoms with Gasteiger partial charge in [0.1, 0.15) is 0 Å². The number of nitrogens with one attached hydrogen (secondary N) is 1. The van der Waals surface area contributed by atoms with Crippen LogP contribution in [-0.2, 0) is 19.1 Å². The van der Waals surface area contributed by atoms with Crippen LogP contribution < -0.4 is 5.32 Å². The number of nitrogens with zero attached hydrogens (tertiary/aromatic N) is 2. The molecule has 1 aromatic carbocycles. The summed E-state index contributed by atoms with van der Waals surface area (Å²) in [7, 11) is 0. The van der Waals surface area contributed by atoms with Crippen LogP contribution in [0.4, 0.5) is 5.69 Å². The molecule has 25 heavy (non-hydrogen) atoms. The minimum atomic E-state index is -1.28. The minimum absolute atomic E-state index is 0.238. The summed E-state index contributed by atoms with van der Waals surface area (Å²) < 4.78 is 11.5. The fourth-order valence-corrected chi connectivity index (χ4v) is 2.55. The molecular weight excluding hydrogens is 369 g/mol. The zero-order valence-corrected chi connectivity index (χ0v) is 14.8. The Balaban J connectivity index is 1.79. The second kappa shape index (κ2) is 6.42. The van der Waals surface area contributed by atoms with Crippen molar-refractivity contribution in [1.82, 2.24) is 9.78 Å². The number of halogens is 2. The highest BCUT2D eigenvalue weighted by atomic mass is 35.5. The first-order valence-electron chi connectivity index (χ1n) is 7.19. The second-order valence-electron chi connectivity index (χ2n) is 5.65. The van der Waals surface area contributed by atoms with Crippen LogP contribution in [0.2, 0.25) is 10.0 Å². The topological polar surface area (TPSA) is 82.5 Å². The van der Waals surface area contributed by atoms with Gasteiger partial charge >= 0.3 is 11.9 Å². The van der Waals surface area contributed by atoms with Gasteiger partial charge in [0.15, 0.2) is 5.57 Å². The van der Waals surface area contributed by atoms with E-state index >= 15 is 0 Å². The molecule has 9 heteroatoms. The zero-order valence-electron chi connectivity index (χ0n) is 13.2. The third-order valence-electron chi connectivity index (χ3n) is 3.25. The summed E-state index contributed by atoms with van der Waals surface area (Å²) in [5.74, 6) is -2.80. The molecule has 0 unspecified atom stereocenters. The number of benzene rings is 1. The van der Waals surface area contributed by atoms with Gasteiger partial charge in [-0.25, -0.2) is 14.3 Å². The Labute approximate surface area is 153 Å². The number of carbonyl (C=O) groups is 2. The highest BCUT2D eigenvalue weighted by Gasteiger charge is 2.38. The summed E-state index contributed by atoms with van der Waals surface area (Å²) in [5, 5.41) is 7.79. The minimum Gasteiger partial charge on any atom is -0.419 e. The first-order chi connectivity index (χ1) is 11.7. The van der Waals surface area contributed by atoms with E-state index in [0.29, 0.717) is 21.4 Å². The molecule has 0 radical (unpaired) electrons. The van der Waals surface area contributed by atoms with E-state index in [-0.39, 0.29) is 5.57 Å². The van der Waals surface area contributed by atoms with E-state index in [0.717, 1.165) is 0 Å². The molecular formula is C16H13Cl2N3O4. The van der Waals surface area contributed by atoms with Gasteiger partial charge in [-0.2, -0.15) is 5.10 Å². The van der Waals surface area contributed by atoms with Crippen molar-refractivity contribution in [3.8, 4) is 5.69 Å². The summed E-state index contributed by atoms with van der Waals surface area (Å²) in [6.07, 6.45) is 4.33. The lowest BCUT2D eigenvalue weighted by atomic mass is 10.2. The van der Waals surface area contributed by atoms with Crippen molar-refractivity contribution >= 4 is 40.8 Å². The molecule has 1 fully saturated rings. The maximum absolute atomic E-state index is 11.9. The van der Waals surface area contributed by atoms with Gasteiger partial charge in [0.05, 0.1) is 21.9 Å². The van der Waals surface area contributed by atoms with Crippen LogP contribution in [0.3, 0.4) is 0 Å². The lowest BCUT2D eigenvalue weighted by Crippen LogP contribution is -2.42. The third-order valence-corrected chi connectivity index (χ3v) is 3.74. The van der Waals surface area contributed by atoms with Gasteiger partial charge in [-0.15, -0.1) is 0 Å². The second-order valence-corrected chi connectivity index (χ2v) is 6.49. The number of anilines is 1. The van der Waals surface area contributed by atoms with E-state index in [9.17, 15) is 9.59 Å². The van der Waals surface area contributed by atoms with Crippen LogP contribution in [-0.4, -0.2) is 27.5 Å². The maximum atomic E-state index is 11.9. The predicted molar refractivity (Wildman–Crippen MR) is 91.6 cm³/mol. The molecule has 0 atom stereocenters. The molecule has 1 saturated heterocycles. The van der Waals surface area contributed by atoms with Gasteiger partial charge in [0, 0.05) is 31.9 Å². The largest absolute Gasteiger partial charge is 0.419 e. The average Bonchev–Trinajstić information content (AvgIpc) is 2.91. The Morgan fingerprint density at radius 3 is 2.44 bits per heavy atom. The predicted octanol–water partition coefficient (Wildman–Crippen LogP) is 3.31. The van der Waals surface area contributed by atoms with E-state index < -0.39 is 17.7 Å². The summed E-state index contributed by atoms with van der Waals surface area (Å²) in [6, 6.07) is 5.04. The van der Waals surface area contributed by atoms with E-state index in [2.05, 4.69) is 10.4 Å². The average molecular weight is 382 g/mol. The summed E-state index contributed by atoms with van der Waals surface area (Å²) in [5.41, 5.74) is 0.952. The highest BCUT2D eigenvalue weighted by Crippen LogP contribution is 2.26. The number of cyclic esters (lactones) is 2. The van der Waals surface area contributed by atoms with Crippen molar-refractivity contribution < 1.29 is 19.1 Å².